The fraction of sp³-hybridized carbons (Fsp3) is 0.375. The fourth-order valence-corrected chi connectivity index (χ4v) is 2.44. The number of fused-ring (bicyclic) bond motifs is 1. The Kier molecular flexibility index (Phi) is 6.31. The number of imide groups is 1. The molecule has 2 rings (SSSR count). The van der Waals surface area contributed by atoms with Crippen molar-refractivity contribution < 1.29 is 19.2 Å². The number of carbonyl (C=O) groups is 4. The predicted molar refractivity (Wildman–Crippen MR) is 87.8 cm³/mol. The first-order valence-corrected chi connectivity index (χ1v) is 8.12. The van der Waals surface area contributed by atoms with Crippen LogP contribution in [0.2, 0.25) is 0 Å². The van der Waals surface area contributed by atoms with E-state index in [0.29, 0.717) is 29.8 Å². The van der Waals surface area contributed by atoms with Gasteiger partial charge < -0.3 is 10.6 Å². The number of benzene rings is 1. The molecule has 0 unspecified atom stereocenters. The van der Waals surface area contributed by atoms with E-state index in [-0.39, 0.29) is 25.5 Å². The second-order valence-electron chi connectivity index (χ2n) is 5.23. The Morgan fingerprint density at radius 1 is 0.958 bits per heavy atom. The van der Waals surface area contributed by atoms with Gasteiger partial charge in [-0.05, 0) is 18.6 Å². The Morgan fingerprint density at radius 3 is 2.04 bits per heavy atom. The third-order valence-electron chi connectivity index (χ3n) is 3.49. The molecular weight excluding hydrogens is 334 g/mol. The highest BCUT2D eigenvalue weighted by molar-refractivity contribution is 6.22. The van der Waals surface area contributed by atoms with Crippen LogP contribution in [-0.2, 0) is 9.59 Å². The highest BCUT2D eigenvalue weighted by Gasteiger charge is 2.36. The molecule has 0 atom stereocenters. The molecule has 0 aromatic heterocycles. The first-order valence-electron chi connectivity index (χ1n) is 7.59. The quantitative estimate of drug-likeness (QED) is 0.406. The van der Waals surface area contributed by atoms with E-state index in [2.05, 4.69) is 10.6 Å². The summed E-state index contributed by atoms with van der Waals surface area (Å²) < 4.78 is 0. The average molecular weight is 352 g/mol. The second kappa shape index (κ2) is 8.44. The van der Waals surface area contributed by atoms with Crippen molar-refractivity contribution in [2.45, 2.75) is 12.8 Å². The van der Waals surface area contributed by atoms with Gasteiger partial charge >= 0.3 is 0 Å². The molecule has 0 radical (unpaired) electrons. The van der Waals surface area contributed by atoms with E-state index in [4.69, 9.17) is 11.6 Å². The zero-order valence-corrected chi connectivity index (χ0v) is 13.8. The molecule has 0 saturated heterocycles. The summed E-state index contributed by atoms with van der Waals surface area (Å²) in [6.07, 6.45) is 0.936. The van der Waals surface area contributed by atoms with Crippen molar-refractivity contribution in [2.24, 2.45) is 0 Å². The summed E-state index contributed by atoms with van der Waals surface area (Å²) in [6, 6.07) is 6.45. The zero-order chi connectivity index (χ0) is 17.5. The summed E-state index contributed by atoms with van der Waals surface area (Å²) in [5.74, 6) is -1.12. The van der Waals surface area contributed by atoms with Gasteiger partial charge in [0.25, 0.3) is 11.8 Å². The Morgan fingerprint density at radius 2 is 1.50 bits per heavy atom. The highest BCUT2D eigenvalue weighted by atomic mass is 35.5. The minimum absolute atomic E-state index is 0.134. The van der Waals surface area contributed by atoms with E-state index in [1.165, 1.54) is 0 Å². The van der Waals surface area contributed by atoms with Gasteiger partial charge in [0.2, 0.25) is 11.8 Å². The Hall–Kier alpha value is -2.41. The number of alkyl halides is 1. The van der Waals surface area contributed by atoms with Gasteiger partial charge in [0, 0.05) is 25.4 Å². The number of nitrogens with one attached hydrogen (secondary N) is 2. The van der Waals surface area contributed by atoms with E-state index in [1.807, 2.05) is 0 Å². The smallest absolute Gasteiger partial charge is 0.262 e. The van der Waals surface area contributed by atoms with E-state index >= 15 is 0 Å². The van der Waals surface area contributed by atoms with E-state index in [0.717, 1.165) is 4.90 Å². The van der Waals surface area contributed by atoms with Crippen LogP contribution >= 0.6 is 11.6 Å². The zero-order valence-electron chi connectivity index (χ0n) is 13.0. The number of nitrogens with zero attached hydrogens (tertiary/aromatic N) is 1. The molecule has 7 nitrogen and oxygen atoms in total. The molecule has 0 fully saturated rings. The van der Waals surface area contributed by atoms with Crippen LogP contribution < -0.4 is 10.6 Å². The summed E-state index contributed by atoms with van der Waals surface area (Å²) in [6.45, 7) is 0.149. The van der Waals surface area contributed by atoms with Crippen molar-refractivity contribution in [3.8, 4) is 0 Å². The molecule has 0 spiro atoms. The molecule has 2 N–H and O–H groups in total. The third kappa shape index (κ3) is 4.32. The van der Waals surface area contributed by atoms with Crippen LogP contribution in [0.5, 0.6) is 0 Å². The van der Waals surface area contributed by atoms with Gasteiger partial charge in [0.05, 0.1) is 11.1 Å². The molecule has 0 saturated carbocycles. The maximum absolute atomic E-state index is 12.1. The number of amides is 4. The standard InChI is InChI=1S/C16H18ClN3O4/c17-7-3-6-13(21)18-8-9-19-14(22)10-20-15(23)11-4-1-2-5-12(11)16(20)24/h1-2,4-5H,3,6-10H2,(H,18,21)(H,19,22). The maximum atomic E-state index is 12.1. The molecule has 8 heteroatoms. The first-order chi connectivity index (χ1) is 11.5. The predicted octanol–water partition coefficient (Wildman–Crippen LogP) is 0.534. The van der Waals surface area contributed by atoms with Crippen LogP contribution in [0.3, 0.4) is 0 Å². The van der Waals surface area contributed by atoms with Crippen LogP contribution in [0.25, 0.3) is 0 Å². The molecule has 24 heavy (non-hydrogen) atoms. The van der Waals surface area contributed by atoms with Gasteiger partial charge in [-0.15, -0.1) is 11.6 Å². The van der Waals surface area contributed by atoms with Crippen LogP contribution in [0.1, 0.15) is 33.6 Å². The number of rotatable bonds is 8. The van der Waals surface area contributed by atoms with Crippen LogP contribution in [0.4, 0.5) is 0 Å². The minimum atomic E-state index is -0.472. The topological polar surface area (TPSA) is 95.6 Å². The lowest BCUT2D eigenvalue weighted by Gasteiger charge is -2.13. The number of hydrogen-bond donors (Lipinski definition) is 2. The number of hydrogen-bond acceptors (Lipinski definition) is 4. The SMILES string of the molecule is O=C(CCCCl)NCCNC(=O)CN1C(=O)c2ccccc2C1=O. The molecule has 1 aromatic rings. The fourth-order valence-electron chi connectivity index (χ4n) is 2.30. The lowest BCUT2D eigenvalue weighted by Crippen LogP contribution is -2.42. The summed E-state index contributed by atoms with van der Waals surface area (Å²) in [4.78, 5) is 48.4. The van der Waals surface area contributed by atoms with Crippen LogP contribution in [-0.4, -0.2) is 54.0 Å². The Labute approximate surface area is 144 Å². The molecule has 4 amide bonds. The third-order valence-corrected chi connectivity index (χ3v) is 3.75. The molecule has 1 heterocycles. The molecule has 0 bridgehead atoms. The van der Waals surface area contributed by atoms with Gasteiger partial charge in [-0.3, -0.25) is 24.1 Å². The van der Waals surface area contributed by atoms with Crippen molar-refractivity contribution in [3.63, 3.8) is 0 Å². The molecular formula is C16H18ClN3O4. The number of carbonyl (C=O) groups excluding carboxylic acids is 4. The van der Waals surface area contributed by atoms with Crippen molar-refractivity contribution >= 4 is 35.2 Å². The monoisotopic (exact) mass is 351 g/mol. The maximum Gasteiger partial charge on any atom is 0.262 e. The van der Waals surface area contributed by atoms with Gasteiger partial charge in [-0.25, -0.2) is 0 Å². The molecule has 1 aromatic carbocycles. The van der Waals surface area contributed by atoms with Crippen LogP contribution in [0, 0.1) is 0 Å². The average Bonchev–Trinajstić information content (AvgIpc) is 2.82. The Bertz CT molecular complexity index is 627. The number of halogens is 1. The second-order valence-corrected chi connectivity index (χ2v) is 5.61. The van der Waals surface area contributed by atoms with Gasteiger partial charge in [-0.1, -0.05) is 12.1 Å². The van der Waals surface area contributed by atoms with Crippen molar-refractivity contribution in [2.75, 3.05) is 25.5 Å². The minimum Gasteiger partial charge on any atom is -0.354 e. The van der Waals surface area contributed by atoms with Crippen molar-refractivity contribution in [3.05, 3.63) is 35.4 Å². The van der Waals surface area contributed by atoms with Gasteiger partial charge in [0.1, 0.15) is 6.54 Å². The first kappa shape index (κ1) is 17.9. The normalized spacial score (nSPS) is 13.0. The van der Waals surface area contributed by atoms with E-state index < -0.39 is 17.7 Å². The molecule has 128 valence electrons. The van der Waals surface area contributed by atoms with Crippen molar-refractivity contribution in [1.29, 1.82) is 0 Å². The van der Waals surface area contributed by atoms with Crippen LogP contribution in [0.15, 0.2) is 24.3 Å². The summed E-state index contributed by atoms with van der Waals surface area (Å²) in [5.41, 5.74) is 0.615. The van der Waals surface area contributed by atoms with Crippen molar-refractivity contribution in [1.82, 2.24) is 15.5 Å². The lowest BCUT2D eigenvalue weighted by molar-refractivity contribution is -0.123. The summed E-state index contributed by atoms with van der Waals surface area (Å²) >= 11 is 5.49. The Balaban J connectivity index is 1.75. The molecule has 1 aliphatic rings. The largest absolute Gasteiger partial charge is 0.354 e. The van der Waals surface area contributed by atoms with Gasteiger partial charge in [-0.2, -0.15) is 0 Å². The highest BCUT2D eigenvalue weighted by Crippen LogP contribution is 2.21. The van der Waals surface area contributed by atoms with Gasteiger partial charge in [0.15, 0.2) is 0 Å². The lowest BCUT2D eigenvalue weighted by atomic mass is 10.1. The molecule has 0 aliphatic carbocycles. The molecule has 1 aliphatic heterocycles. The van der Waals surface area contributed by atoms with E-state index in [9.17, 15) is 19.2 Å². The summed E-state index contributed by atoms with van der Waals surface area (Å²) in [7, 11) is 0. The summed E-state index contributed by atoms with van der Waals surface area (Å²) in [5, 5.41) is 5.20. The van der Waals surface area contributed by atoms with E-state index in [1.54, 1.807) is 24.3 Å².